The van der Waals surface area contributed by atoms with Crippen LogP contribution < -0.4 is 20.8 Å². The lowest BCUT2D eigenvalue weighted by Gasteiger charge is -2.14. The number of amides is 3. The van der Waals surface area contributed by atoms with Crippen LogP contribution in [0.25, 0.3) is 0 Å². The predicted molar refractivity (Wildman–Crippen MR) is 135 cm³/mol. The third-order valence-electron chi connectivity index (χ3n) is 5.28. The molecule has 0 spiro atoms. The second-order valence-corrected chi connectivity index (χ2v) is 8.01. The van der Waals surface area contributed by atoms with E-state index in [2.05, 4.69) is 21.2 Å². The Hall–Kier alpha value is -4.46. The molecule has 0 aliphatic carbocycles. The summed E-state index contributed by atoms with van der Waals surface area (Å²) in [5, 5.41) is 9.23. The highest BCUT2D eigenvalue weighted by Crippen LogP contribution is 2.14. The van der Waals surface area contributed by atoms with E-state index in [4.69, 9.17) is 4.74 Å². The molecule has 3 rings (SSSR count). The lowest BCUT2D eigenvalue weighted by molar-refractivity contribution is -0.136. The van der Waals surface area contributed by atoms with Crippen molar-refractivity contribution in [1.29, 1.82) is 0 Å². The van der Waals surface area contributed by atoms with Gasteiger partial charge < -0.3 is 15.4 Å². The van der Waals surface area contributed by atoms with Gasteiger partial charge in [-0.1, -0.05) is 36.4 Å². The minimum Gasteiger partial charge on any atom is -0.484 e. The standard InChI is InChI=1S/C27H28N4O4/c1-18-9-12-23(15-19(18)2)30-26(33)27(34)31-28-16-21-10-13-24(14-11-21)35-17-25(32)29-20(3)22-7-5-4-6-8-22/h4-16,20H,17H2,1-3H3,(H,29,32)(H,30,33)(H,31,34)/b28-16-/t20-/m0/s1. The van der Waals surface area contributed by atoms with Crippen molar-refractivity contribution < 1.29 is 19.1 Å². The molecular weight excluding hydrogens is 444 g/mol. The SMILES string of the molecule is Cc1ccc(NC(=O)C(=O)N/N=C\c2ccc(OCC(=O)N[C@@H](C)c3ccccc3)cc2)cc1C. The van der Waals surface area contributed by atoms with Gasteiger partial charge in [0.2, 0.25) is 0 Å². The third-order valence-corrected chi connectivity index (χ3v) is 5.28. The maximum absolute atomic E-state index is 12.1. The first-order valence-corrected chi connectivity index (χ1v) is 11.1. The van der Waals surface area contributed by atoms with Gasteiger partial charge in [0, 0.05) is 5.69 Å². The van der Waals surface area contributed by atoms with E-state index in [1.165, 1.54) is 6.21 Å². The van der Waals surface area contributed by atoms with Gasteiger partial charge >= 0.3 is 11.8 Å². The second kappa shape index (κ2) is 12.1. The maximum atomic E-state index is 12.1. The van der Waals surface area contributed by atoms with Crippen molar-refractivity contribution in [2.45, 2.75) is 26.8 Å². The van der Waals surface area contributed by atoms with E-state index in [0.717, 1.165) is 16.7 Å². The summed E-state index contributed by atoms with van der Waals surface area (Å²) in [4.78, 5) is 36.1. The average Bonchev–Trinajstić information content (AvgIpc) is 2.86. The number of ether oxygens (including phenoxy) is 1. The molecule has 0 bridgehead atoms. The zero-order valence-corrected chi connectivity index (χ0v) is 19.9. The van der Waals surface area contributed by atoms with E-state index >= 15 is 0 Å². The fraction of sp³-hybridized carbons (Fsp3) is 0.185. The summed E-state index contributed by atoms with van der Waals surface area (Å²) in [6, 6.07) is 21.7. The van der Waals surface area contributed by atoms with Crippen molar-refractivity contribution in [2.75, 3.05) is 11.9 Å². The molecule has 0 aromatic heterocycles. The van der Waals surface area contributed by atoms with E-state index in [-0.39, 0.29) is 18.6 Å². The van der Waals surface area contributed by atoms with Crippen molar-refractivity contribution in [2.24, 2.45) is 5.10 Å². The zero-order valence-electron chi connectivity index (χ0n) is 19.9. The van der Waals surface area contributed by atoms with Crippen molar-refractivity contribution in [3.8, 4) is 5.75 Å². The molecule has 0 aliphatic rings. The highest BCUT2D eigenvalue weighted by atomic mass is 16.5. The van der Waals surface area contributed by atoms with Gasteiger partial charge in [0.1, 0.15) is 5.75 Å². The van der Waals surface area contributed by atoms with Crippen molar-refractivity contribution in [3.05, 3.63) is 95.1 Å². The Bertz CT molecular complexity index is 1210. The highest BCUT2D eigenvalue weighted by Gasteiger charge is 2.13. The number of hydrogen-bond acceptors (Lipinski definition) is 5. The molecule has 180 valence electrons. The number of nitrogens with zero attached hydrogens (tertiary/aromatic N) is 1. The van der Waals surface area contributed by atoms with Crippen LogP contribution in [-0.2, 0) is 14.4 Å². The van der Waals surface area contributed by atoms with Gasteiger partial charge in [-0.15, -0.1) is 0 Å². The van der Waals surface area contributed by atoms with Crippen LogP contribution in [-0.4, -0.2) is 30.5 Å². The molecule has 3 amide bonds. The summed E-state index contributed by atoms with van der Waals surface area (Å²) < 4.78 is 5.53. The van der Waals surface area contributed by atoms with Gasteiger partial charge in [-0.3, -0.25) is 14.4 Å². The third kappa shape index (κ3) is 7.82. The van der Waals surface area contributed by atoms with Crippen LogP contribution >= 0.6 is 0 Å². The summed E-state index contributed by atoms with van der Waals surface area (Å²) >= 11 is 0. The first-order chi connectivity index (χ1) is 16.8. The lowest BCUT2D eigenvalue weighted by atomic mass is 10.1. The molecule has 8 heteroatoms. The molecular formula is C27H28N4O4. The minimum atomic E-state index is -0.879. The number of nitrogens with one attached hydrogen (secondary N) is 3. The largest absolute Gasteiger partial charge is 0.484 e. The van der Waals surface area contributed by atoms with Gasteiger partial charge in [-0.2, -0.15) is 5.10 Å². The number of benzene rings is 3. The monoisotopic (exact) mass is 472 g/mol. The molecule has 0 aliphatic heterocycles. The molecule has 0 heterocycles. The van der Waals surface area contributed by atoms with Crippen molar-refractivity contribution >= 4 is 29.6 Å². The first kappa shape index (κ1) is 25.2. The van der Waals surface area contributed by atoms with Gasteiger partial charge in [-0.25, -0.2) is 5.43 Å². The predicted octanol–water partition coefficient (Wildman–Crippen LogP) is 3.65. The van der Waals surface area contributed by atoms with Gasteiger partial charge in [0.15, 0.2) is 6.61 Å². The average molecular weight is 473 g/mol. The highest BCUT2D eigenvalue weighted by molar-refractivity contribution is 6.39. The van der Waals surface area contributed by atoms with Gasteiger partial charge in [-0.05, 0) is 79.4 Å². The van der Waals surface area contributed by atoms with Crippen LogP contribution in [0.5, 0.6) is 5.75 Å². The normalized spacial score (nSPS) is 11.5. The first-order valence-electron chi connectivity index (χ1n) is 11.1. The van der Waals surface area contributed by atoms with Crippen molar-refractivity contribution in [3.63, 3.8) is 0 Å². The molecule has 1 atom stereocenters. The number of carbonyl (C=O) groups is 3. The molecule has 0 fully saturated rings. The molecule has 3 N–H and O–H groups in total. The maximum Gasteiger partial charge on any atom is 0.329 e. The summed E-state index contributed by atoms with van der Waals surface area (Å²) in [5.74, 6) is -1.40. The summed E-state index contributed by atoms with van der Waals surface area (Å²) in [6.45, 7) is 5.68. The quantitative estimate of drug-likeness (QED) is 0.264. The molecule has 0 radical (unpaired) electrons. The second-order valence-electron chi connectivity index (χ2n) is 8.01. The Morgan fingerprint density at radius 2 is 1.63 bits per heavy atom. The Kier molecular flexibility index (Phi) is 8.72. The van der Waals surface area contributed by atoms with Crippen molar-refractivity contribution in [1.82, 2.24) is 10.7 Å². The Labute approximate surface area is 204 Å². The summed E-state index contributed by atoms with van der Waals surface area (Å²) in [6.07, 6.45) is 1.40. The number of rotatable bonds is 8. The van der Waals surface area contributed by atoms with Crippen LogP contribution in [0.3, 0.4) is 0 Å². The van der Waals surface area contributed by atoms with Crippen LogP contribution in [0.2, 0.25) is 0 Å². The van der Waals surface area contributed by atoms with Gasteiger partial charge in [0.25, 0.3) is 5.91 Å². The molecule has 3 aromatic rings. The topological polar surface area (TPSA) is 109 Å². The summed E-state index contributed by atoms with van der Waals surface area (Å²) in [5.41, 5.74) is 6.53. The van der Waals surface area contributed by atoms with E-state index in [1.807, 2.05) is 57.2 Å². The zero-order chi connectivity index (χ0) is 25.2. The van der Waals surface area contributed by atoms with Crippen LogP contribution in [0, 0.1) is 13.8 Å². The Morgan fingerprint density at radius 3 is 2.31 bits per heavy atom. The number of hydrogen-bond donors (Lipinski definition) is 3. The van der Waals surface area contributed by atoms with E-state index in [1.54, 1.807) is 36.4 Å². The molecule has 3 aromatic carbocycles. The van der Waals surface area contributed by atoms with E-state index in [9.17, 15) is 14.4 Å². The smallest absolute Gasteiger partial charge is 0.329 e. The number of anilines is 1. The number of carbonyl (C=O) groups excluding carboxylic acids is 3. The summed E-state index contributed by atoms with van der Waals surface area (Å²) in [7, 11) is 0. The molecule has 0 saturated heterocycles. The van der Waals surface area contributed by atoms with Crippen LogP contribution in [0.1, 0.15) is 35.2 Å². The lowest BCUT2D eigenvalue weighted by Crippen LogP contribution is -2.32. The van der Waals surface area contributed by atoms with Gasteiger partial charge in [0.05, 0.1) is 12.3 Å². The molecule has 0 saturated carbocycles. The fourth-order valence-electron chi connectivity index (χ4n) is 3.13. The van der Waals surface area contributed by atoms with E-state index < -0.39 is 11.8 Å². The van der Waals surface area contributed by atoms with Crippen LogP contribution in [0.15, 0.2) is 77.9 Å². The molecule has 8 nitrogen and oxygen atoms in total. The molecule has 0 unspecified atom stereocenters. The minimum absolute atomic E-state index is 0.115. The molecule has 35 heavy (non-hydrogen) atoms. The number of hydrazone groups is 1. The Balaban J connectivity index is 1.42. The fourth-order valence-corrected chi connectivity index (χ4v) is 3.13. The number of aryl methyl sites for hydroxylation is 2. The Morgan fingerprint density at radius 1 is 0.914 bits per heavy atom. The van der Waals surface area contributed by atoms with Crippen LogP contribution in [0.4, 0.5) is 5.69 Å². The van der Waals surface area contributed by atoms with E-state index in [0.29, 0.717) is 17.0 Å².